The van der Waals surface area contributed by atoms with Gasteiger partial charge in [0.05, 0.1) is 0 Å². The zero-order chi connectivity index (χ0) is 20.6. The predicted octanol–water partition coefficient (Wildman–Crippen LogP) is 2.22. The summed E-state index contributed by atoms with van der Waals surface area (Å²) < 4.78 is 10.7. The summed E-state index contributed by atoms with van der Waals surface area (Å²) in [6, 6.07) is 12.1. The first-order valence-electron chi connectivity index (χ1n) is 9.24. The van der Waals surface area contributed by atoms with E-state index in [1.54, 1.807) is 31.2 Å². The van der Waals surface area contributed by atoms with Crippen molar-refractivity contribution in [1.82, 2.24) is 10.2 Å². The number of hydrogen-bond acceptors (Lipinski definition) is 5. The molecule has 2 aliphatic rings. The average Bonchev–Trinajstić information content (AvgIpc) is 3.22. The van der Waals surface area contributed by atoms with E-state index in [0.29, 0.717) is 17.2 Å². The van der Waals surface area contributed by atoms with Crippen molar-refractivity contribution in [3.05, 3.63) is 53.6 Å². The number of urea groups is 1. The van der Waals surface area contributed by atoms with E-state index in [1.807, 2.05) is 25.1 Å². The molecule has 2 heterocycles. The van der Waals surface area contributed by atoms with Crippen LogP contribution < -0.4 is 20.1 Å². The van der Waals surface area contributed by atoms with Gasteiger partial charge in [-0.25, -0.2) is 4.79 Å². The summed E-state index contributed by atoms with van der Waals surface area (Å²) in [5.41, 5.74) is 1.21. The number of rotatable bonds is 5. The highest BCUT2D eigenvalue weighted by atomic mass is 16.7. The standard InChI is InChI=1S/C21H21N3O5/c1-13-5-3-4-6-15(13)22-18(25)11-24-19(26)21(2,23-20(24)27)10-14-7-8-16-17(9-14)29-12-28-16/h3-9H,10-12H2,1-2H3,(H,22,25)(H,23,27)/t21-/m0/s1. The maximum absolute atomic E-state index is 12.9. The lowest BCUT2D eigenvalue weighted by Crippen LogP contribution is -2.46. The van der Waals surface area contributed by atoms with Gasteiger partial charge < -0.3 is 20.1 Å². The third-order valence-corrected chi connectivity index (χ3v) is 5.06. The van der Waals surface area contributed by atoms with Gasteiger partial charge in [0.1, 0.15) is 12.1 Å². The lowest BCUT2D eigenvalue weighted by Gasteiger charge is -2.22. The highest BCUT2D eigenvalue weighted by Crippen LogP contribution is 2.34. The summed E-state index contributed by atoms with van der Waals surface area (Å²) in [5, 5.41) is 5.45. The van der Waals surface area contributed by atoms with Gasteiger partial charge in [0.15, 0.2) is 11.5 Å². The SMILES string of the molecule is Cc1ccccc1NC(=O)CN1C(=O)N[C@@](C)(Cc2ccc3c(c2)OCO3)C1=O. The third kappa shape index (κ3) is 3.61. The fourth-order valence-electron chi connectivity index (χ4n) is 3.52. The Morgan fingerprint density at radius 2 is 1.93 bits per heavy atom. The van der Waals surface area contributed by atoms with Crippen LogP contribution in [0.5, 0.6) is 11.5 Å². The average molecular weight is 395 g/mol. The molecule has 2 aromatic carbocycles. The molecule has 2 aromatic rings. The third-order valence-electron chi connectivity index (χ3n) is 5.06. The Morgan fingerprint density at radius 3 is 2.72 bits per heavy atom. The van der Waals surface area contributed by atoms with Crippen LogP contribution in [0.1, 0.15) is 18.1 Å². The van der Waals surface area contributed by atoms with Crippen LogP contribution >= 0.6 is 0 Å². The van der Waals surface area contributed by atoms with E-state index in [0.717, 1.165) is 16.0 Å². The zero-order valence-corrected chi connectivity index (χ0v) is 16.2. The summed E-state index contributed by atoms with van der Waals surface area (Å²) in [6.07, 6.45) is 0.268. The first-order chi connectivity index (χ1) is 13.9. The van der Waals surface area contributed by atoms with Crippen LogP contribution in [0.15, 0.2) is 42.5 Å². The lowest BCUT2D eigenvalue weighted by atomic mass is 9.92. The quantitative estimate of drug-likeness (QED) is 0.757. The lowest BCUT2D eigenvalue weighted by molar-refractivity contribution is -0.133. The van der Waals surface area contributed by atoms with E-state index in [9.17, 15) is 14.4 Å². The molecule has 1 atom stereocenters. The fraction of sp³-hybridized carbons (Fsp3) is 0.286. The number of hydrogen-bond donors (Lipinski definition) is 2. The van der Waals surface area contributed by atoms with E-state index < -0.39 is 23.4 Å². The van der Waals surface area contributed by atoms with Gasteiger partial charge in [0, 0.05) is 12.1 Å². The number of aryl methyl sites for hydroxylation is 1. The van der Waals surface area contributed by atoms with Gasteiger partial charge in [-0.1, -0.05) is 24.3 Å². The molecule has 2 N–H and O–H groups in total. The Hall–Kier alpha value is -3.55. The highest BCUT2D eigenvalue weighted by Gasteiger charge is 2.48. The van der Waals surface area contributed by atoms with Gasteiger partial charge >= 0.3 is 6.03 Å². The predicted molar refractivity (Wildman–Crippen MR) is 105 cm³/mol. The van der Waals surface area contributed by atoms with Crippen LogP contribution in [-0.4, -0.2) is 41.6 Å². The van der Waals surface area contributed by atoms with Crippen LogP contribution in [-0.2, 0) is 16.0 Å². The summed E-state index contributed by atoms with van der Waals surface area (Å²) in [5.74, 6) is 0.378. The molecule has 2 aliphatic heterocycles. The van der Waals surface area contributed by atoms with Crippen LogP contribution in [0.3, 0.4) is 0 Å². The number of imide groups is 1. The van der Waals surface area contributed by atoms with Crippen LogP contribution in [0.4, 0.5) is 10.5 Å². The Balaban J connectivity index is 1.45. The fourth-order valence-corrected chi connectivity index (χ4v) is 3.52. The van der Waals surface area contributed by atoms with Crippen molar-refractivity contribution in [2.24, 2.45) is 0 Å². The van der Waals surface area contributed by atoms with E-state index in [4.69, 9.17) is 9.47 Å². The van der Waals surface area contributed by atoms with E-state index in [-0.39, 0.29) is 19.8 Å². The molecule has 0 aliphatic carbocycles. The van der Waals surface area contributed by atoms with Crippen molar-refractivity contribution in [3.8, 4) is 11.5 Å². The second-order valence-corrected chi connectivity index (χ2v) is 7.38. The monoisotopic (exact) mass is 395 g/mol. The summed E-state index contributed by atoms with van der Waals surface area (Å²) in [6.45, 7) is 3.33. The van der Waals surface area contributed by atoms with Gasteiger partial charge in [-0.3, -0.25) is 14.5 Å². The maximum Gasteiger partial charge on any atom is 0.325 e. The Kier molecular flexibility index (Phi) is 4.62. The van der Waals surface area contributed by atoms with Gasteiger partial charge in [-0.15, -0.1) is 0 Å². The smallest absolute Gasteiger partial charge is 0.325 e. The first kappa shape index (κ1) is 18.8. The Bertz CT molecular complexity index is 1010. The van der Waals surface area contributed by atoms with E-state index >= 15 is 0 Å². The van der Waals surface area contributed by atoms with Crippen molar-refractivity contribution in [2.45, 2.75) is 25.8 Å². The topological polar surface area (TPSA) is 97.0 Å². The van der Waals surface area contributed by atoms with Gasteiger partial charge in [0.25, 0.3) is 5.91 Å². The molecule has 0 bridgehead atoms. The molecule has 0 saturated carbocycles. The Morgan fingerprint density at radius 1 is 1.17 bits per heavy atom. The van der Waals surface area contributed by atoms with E-state index in [2.05, 4.69) is 10.6 Å². The molecule has 1 fully saturated rings. The minimum absolute atomic E-state index is 0.162. The van der Waals surface area contributed by atoms with Crippen molar-refractivity contribution in [3.63, 3.8) is 0 Å². The number of fused-ring (bicyclic) bond motifs is 1. The number of benzene rings is 2. The zero-order valence-electron chi connectivity index (χ0n) is 16.2. The number of amides is 4. The molecule has 8 nitrogen and oxygen atoms in total. The van der Waals surface area contributed by atoms with Gasteiger partial charge in [-0.2, -0.15) is 0 Å². The van der Waals surface area contributed by atoms with Crippen molar-refractivity contribution < 1.29 is 23.9 Å². The Labute approximate surface area is 167 Å². The normalized spacial score (nSPS) is 20.0. The molecule has 4 rings (SSSR count). The second kappa shape index (κ2) is 7.12. The summed E-state index contributed by atoms with van der Waals surface area (Å²) >= 11 is 0. The molecular formula is C21H21N3O5. The molecule has 0 unspecified atom stereocenters. The van der Waals surface area contributed by atoms with Gasteiger partial charge in [-0.05, 0) is 43.2 Å². The van der Waals surface area contributed by atoms with Gasteiger partial charge in [0.2, 0.25) is 12.7 Å². The number of ether oxygens (including phenoxy) is 2. The molecule has 0 radical (unpaired) electrons. The molecular weight excluding hydrogens is 374 g/mol. The van der Waals surface area contributed by atoms with E-state index in [1.165, 1.54) is 0 Å². The summed E-state index contributed by atoms with van der Waals surface area (Å²) in [4.78, 5) is 38.7. The molecule has 1 saturated heterocycles. The van der Waals surface area contributed by atoms with Crippen molar-refractivity contribution in [1.29, 1.82) is 0 Å². The highest BCUT2D eigenvalue weighted by molar-refractivity contribution is 6.10. The molecule has 0 spiro atoms. The number of nitrogens with one attached hydrogen (secondary N) is 2. The number of carbonyl (C=O) groups excluding carboxylic acids is 3. The van der Waals surface area contributed by atoms with Crippen LogP contribution in [0.2, 0.25) is 0 Å². The molecule has 150 valence electrons. The van der Waals surface area contributed by atoms with Crippen molar-refractivity contribution in [2.75, 3.05) is 18.7 Å². The minimum atomic E-state index is -1.15. The van der Waals surface area contributed by atoms with Crippen LogP contribution in [0, 0.1) is 6.92 Å². The number of nitrogens with zero attached hydrogens (tertiary/aromatic N) is 1. The van der Waals surface area contributed by atoms with Crippen LogP contribution in [0.25, 0.3) is 0 Å². The molecule has 0 aromatic heterocycles. The van der Waals surface area contributed by atoms with Crippen molar-refractivity contribution >= 4 is 23.5 Å². The number of para-hydroxylation sites is 1. The first-order valence-corrected chi connectivity index (χ1v) is 9.24. The second-order valence-electron chi connectivity index (χ2n) is 7.38. The minimum Gasteiger partial charge on any atom is -0.454 e. The summed E-state index contributed by atoms with van der Waals surface area (Å²) in [7, 11) is 0. The molecule has 4 amide bonds. The largest absolute Gasteiger partial charge is 0.454 e. The number of anilines is 1. The molecule has 29 heavy (non-hydrogen) atoms. The molecule has 8 heteroatoms. The number of carbonyl (C=O) groups is 3. The maximum atomic E-state index is 12.9.